The van der Waals surface area contributed by atoms with Crippen LogP contribution in [-0.4, -0.2) is 18.3 Å². The van der Waals surface area contributed by atoms with Gasteiger partial charge in [-0.15, -0.1) is 0 Å². The molecule has 0 aliphatic rings. The van der Waals surface area contributed by atoms with E-state index in [1.807, 2.05) is 0 Å². The summed E-state index contributed by atoms with van der Waals surface area (Å²) in [5.41, 5.74) is 0.219. The Balaban J connectivity index is 3.21. The first kappa shape index (κ1) is 11.5. The molecule has 0 fully saturated rings. The summed E-state index contributed by atoms with van der Waals surface area (Å²) in [6.45, 7) is 3.31. The van der Waals surface area contributed by atoms with Crippen molar-refractivity contribution in [1.82, 2.24) is 0 Å². The lowest BCUT2D eigenvalue weighted by molar-refractivity contribution is 0.245. The third kappa shape index (κ3) is 2.95. The Morgan fingerprint density at radius 1 is 1.60 bits per heavy atom. The van der Waals surface area contributed by atoms with Crippen LogP contribution in [0.5, 0.6) is 5.75 Å². The smallest absolute Gasteiger partial charge is 0.339 e. The first-order chi connectivity index (χ1) is 7.04. The summed E-state index contributed by atoms with van der Waals surface area (Å²) < 4.78 is 9.96. The Bertz CT molecular complexity index is 415. The minimum atomic E-state index is -0.555. The van der Waals surface area contributed by atoms with Crippen LogP contribution < -0.4 is 10.4 Å². The number of methoxy groups -OCH3 is 1. The van der Waals surface area contributed by atoms with Gasteiger partial charge in [-0.3, -0.25) is 0 Å². The fraction of sp³-hybridized carbons (Fsp3) is 0.364. The molecular formula is C11H14O4. The Morgan fingerprint density at radius 2 is 2.27 bits per heavy atom. The summed E-state index contributed by atoms with van der Waals surface area (Å²) >= 11 is 0. The second-order valence-corrected chi connectivity index (χ2v) is 3.20. The minimum Gasteiger partial charge on any atom is -0.496 e. The van der Waals surface area contributed by atoms with Crippen LogP contribution in [0.2, 0.25) is 0 Å². The van der Waals surface area contributed by atoms with E-state index in [2.05, 4.69) is 0 Å². The third-order valence-electron chi connectivity index (χ3n) is 1.91. The van der Waals surface area contributed by atoms with Crippen LogP contribution in [0.1, 0.15) is 18.2 Å². The maximum atomic E-state index is 11.0. The van der Waals surface area contributed by atoms with Crippen molar-refractivity contribution < 1.29 is 14.3 Å². The lowest BCUT2D eigenvalue weighted by Gasteiger charge is -2.06. The van der Waals surface area contributed by atoms with Crippen molar-refractivity contribution in [2.24, 2.45) is 0 Å². The molecule has 1 atom stereocenters. The number of aliphatic hydroxyl groups excluding tert-OH is 1. The molecule has 0 unspecified atom stereocenters. The second-order valence-electron chi connectivity index (χ2n) is 3.20. The summed E-state index contributed by atoms with van der Waals surface area (Å²) in [6.07, 6.45) is 2.70. The SMILES string of the molecule is COc1cc(=O)oc(C)c1/C=C/[C@H](C)O. The van der Waals surface area contributed by atoms with Crippen molar-refractivity contribution in [2.45, 2.75) is 20.0 Å². The number of ether oxygens (including phenoxy) is 1. The molecule has 0 saturated heterocycles. The molecule has 0 aliphatic heterocycles. The molecular weight excluding hydrogens is 196 g/mol. The molecule has 1 N–H and O–H groups in total. The van der Waals surface area contributed by atoms with Crippen molar-refractivity contribution in [1.29, 1.82) is 0 Å². The Hall–Kier alpha value is -1.55. The van der Waals surface area contributed by atoms with E-state index in [1.54, 1.807) is 26.0 Å². The molecule has 0 aliphatic carbocycles. The van der Waals surface area contributed by atoms with Crippen molar-refractivity contribution in [3.8, 4) is 5.75 Å². The fourth-order valence-electron chi connectivity index (χ4n) is 1.20. The summed E-state index contributed by atoms with van der Waals surface area (Å²) in [5.74, 6) is 0.914. The molecule has 1 aromatic heterocycles. The van der Waals surface area contributed by atoms with Gasteiger partial charge >= 0.3 is 5.63 Å². The lowest BCUT2D eigenvalue weighted by Crippen LogP contribution is -2.02. The van der Waals surface area contributed by atoms with E-state index in [0.29, 0.717) is 17.1 Å². The normalized spacial score (nSPS) is 13.1. The average molecular weight is 210 g/mol. The Labute approximate surface area is 87.8 Å². The molecule has 0 saturated carbocycles. The van der Waals surface area contributed by atoms with Gasteiger partial charge in [0, 0.05) is 0 Å². The van der Waals surface area contributed by atoms with E-state index in [4.69, 9.17) is 14.3 Å². The second kappa shape index (κ2) is 4.79. The average Bonchev–Trinajstić information content (AvgIpc) is 2.14. The predicted molar refractivity (Wildman–Crippen MR) is 57.0 cm³/mol. The summed E-state index contributed by atoms with van der Waals surface area (Å²) in [7, 11) is 1.48. The predicted octanol–water partition coefficient (Wildman–Crippen LogP) is 1.35. The van der Waals surface area contributed by atoms with Crippen LogP contribution >= 0.6 is 0 Å². The van der Waals surface area contributed by atoms with Gasteiger partial charge in [0.05, 0.1) is 24.8 Å². The van der Waals surface area contributed by atoms with Gasteiger partial charge in [0.2, 0.25) is 0 Å². The van der Waals surface area contributed by atoms with Crippen LogP contribution in [0.4, 0.5) is 0 Å². The Kier molecular flexibility index (Phi) is 3.68. The van der Waals surface area contributed by atoms with E-state index in [9.17, 15) is 4.79 Å². The molecule has 1 aromatic rings. The molecule has 4 nitrogen and oxygen atoms in total. The van der Waals surface area contributed by atoms with Crippen molar-refractivity contribution in [3.05, 3.63) is 33.9 Å². The van der Waals surface area contributed by atoms with Gasteiger partial charge in [0.1, 0.15) is 11.5 Å². The highest BCUT2D eigenvalue weighted by Gasteiger charge is 2.07. The highest BCUT2D eigenvalue weighted by Crippen LogP contribution is 2.21. The van der Waals surface area contributed by atoms with Crippen molar-refractivity contribution in [3.63, 3.8) is 0 Å². The lowest BCUT2D eigenvalue weighted by atomic mass is 10.1. The van der Waals surface area contributed by atoms with E-state index in [0.717, 1.165) is 0 Å². The van der Waals surface area contributed by atoms with Crippen molar-refractivity contribution in [2.75, 3.05) is 7.11 Å². The molecule has 15 heavy (non-hydrogen) atoms. The Morgan fingerprint density at radius 3 is 2.80 bits per heavy atom. The van der Waals surface area contributed by atoms with Gasteiger partial charge in [0.15, 0.2) is 0 Å². The molecule has 0 spiro atoms. The molecule has 0 aromatic carbocycles. The van der Waals surface area contributed by atoms with Gasteiger partial charge < -0.3 is 14.3 Å². The topological polar surface area (TPSA) is 59.7 Å². The minimum absolute atomic E-state index is 0.445. The molecule has 4 heteroatoms. The maximum Gasteiger partial charge on any atom is 0.339 e. The highest BCUT2D eigenvalue weighted by molar-refractivity contribution is 5.58. The fourth-order valence-corrected chi connectivity index (χ4v) is 1.20. The number of aryl methyl sites for hydroxylation is 1. The van der Waals surface area contributed by atoms with Crippen LogP contribution in [0.3, 0.4) is 0 Å². The van der Waals surface area contributed by atoms with Crippen LogP contribution in [0, 0.1) is 6.92 Å². The van der Waals surface area contributed by atoms with Crippen molar-refractivity contribution >= 4 is 6.08 Å². The number of hydrogen-bond donors (Lipinski definition) is 1. The third-order valence-corrected chi connectivity index (χ3v) is 1.91. The zero-order valence-electron chi connectivity index (χ0n) is 8.98. The first-order valence-corrected chi connectivity index (χ1v) is 4.59. The summed E-state index contributed by atoms with van der Waals surface area (Å²) in [5, 5.41) is 9.10. The molecule has 0 amide bonds. The van der Waals surface area contributed by atoms with Gasteiger partial charge in [-0.1, -0.05) is 6.08 Å². The van der Waals surface area contributed by atoms with E-state index < -0.39 is 11.7 Å². The first-order valence-electron chi connectivity index (χ1n) is 4.59. The molecule has 82 valence electrons. The molecule has 1 rings (SSSR count). The molecule has 0 radical (unpaired) electrons. The zero-order valence-corrected chi connectivity index (χ0v) is 8.98. The van der Waals surface area contributed by atoms with Gasteiger partial charge in [0.25, 0.3) is 0 Å². The van der Waals surface area contributed by atoms with E-state index in [1.165, 1.54) is 13.2 Å². The van der Waals surface area contributed by atoms with Crippen LogP contribution in [-0.2, 0) is 0 Å². The standard InChI is InChI=1S/C11H14O4/c1-7(12)4-5-9-8(2)15-11(13)6-10(9)14-3/h4-7,12H,1-3H3/b5-4+/t7-/m0/s1. The molecule has 1 heterocycles. The van der Waals surface area contributed by atoms with E-state index in [-0.39, 0.29) is 0 Å². The largest absolute Gasteiger partial charge is 0.496 e. The van der Waals surface area contributed by atoms with E-state index >= 15 is 0 Å². The number of hydrogen-bond acceptors (Lipinski definition) is 4. The van der Waals surface area contributed by atoms with Gasteiger partial charge in [-0.05, 0) is 19.9 Å². The van der Waals surface area contributed by atoms with Gasteiger partial charge in [-0.25, -0.2) is 4.79 Å². The summed E-state index contributed by atoms with van der Waals surface area (Å²) in [6, 6.07) is 1.27. The van der Waals surface area contributed by atoms with Crippen LogP contribution in [0.25, 0.3) is 6.08 Å². The number of aliphatic hydroxyl groups is 1. The van der Waals surface area contributed by atoms with Crippen LogP contribution in [0.15, 0.2) is 21.4 Å². The summed E-state index contributed by atoms with van der Waals surface area (Å²) in [4.78, 5) is 11.0. The zero-order chi connectivity index (χ0) is 11.4. The highest BCUT2D eigenvalue weighted by atomic mass is 16.5. The molecule has 0 bridgehead atoms. The van der Waals surface area contributed by atoms with Gasteiger partial charge in [-0.2, -0.15) is 0 Å². The number of rotatable bonds is 3. The maximum absolute atomic E-state index is 11.0. The quantitative estimate of drug-likeness (QED) is 0.818. The monoisotopic (exact) mass is 210 g/mol.